The van der Waals surface area contributed by atoms with Crippen molar-refractivity contribution in [1.29, 1.82) is 0 Å². The highest BCUT2D eigenvalue weighted by Gasteiger charge is 2.08. The molecule has 146 valence electrons. The normalized spacial score (nSPS) is 10.9. The van der Waals surface area contributed by atoms with Crippen LogP contribution in [0.15, 0.2) is 71.5 Å². The largest absolute Gasteiger partial charge is 0.368 e. The summed E-state index contributed by atoms with van der Waals surface area (Å²) < 4.78 is 1.47. The zero-order valence-corrected chi connectivity index (χ0v) is 16.0. The van der Waals surface area contributed by atoms with E-state index < -0.39 is 0 Å². The molecule has 0 saturated heterocycles. The number of aromatic nitrogens is 4. The van der Waals surface area contributed by atoms with Crippen molar-refractivity contribution in [3.63, 3.8) is 0 Å². The maximum Gasteiger partial charge on any atom is 0.266 e. The number of rotatable bonds is 7. The Balaban J connectivity index is 1.54. The summed E-state index contributed by atoms with van der Waals surface area (Å²) in [5.41, 5.74) is 8.14. The fourth-order valence-corrected chi connectivity index (χ4v) is 3.15. The Labute approximate surface area is 168 Å². The highest BCUT2D eigenvalue weighted by Crippen LogP contribution is 2.20. The van der Waals surface area contributed by atoms with E-state index in [-0.39, 0.29) is 5.56 Å². The summed E-state index contributed by atoms with van der Waals surface area (Å²) in [4.78, 5) is 21.4. The van der Waals surface area contributed by atoms with E-state index in [0.29, 0.717) is 31.9 Å². The minimum absolute atomic E-state index is 0.136. The van der Waals surface area contributed by atoms with E-state index in [4.69, 9.17) is 5.73 Å². The van der Waals surface area contributed by atoms with Crippen molar-refractivity contribution in [3.05, 3.63) is 82.9 Å². The van der Waals surface area contributed by atoms with Gasteiger partial charge in [-0.3, -0.25) is 4.79 Å². The summed E-state index contributed by atoms with van der Waals surface area (Å²) in [6.45, 7) is 1.42. The molecule has 0 aliphatic rings. The second kappa shape index (κ2) is 8.62. The van der Waals surface area contributed by atoms with Crippen LogP contribution in [0.1, 0.15) is 5.82 Å². The molecule has 0 aliphatic carbocycles. The van der Waals surface area contributed by atoms with E-state index in [2.05, 4.69) is 20.4 Å². The maximum absolute atomic E-state index is 12.2. The summed E-state index contributed by atoms with van der Waals surface area (Å²) in [6, 6.07) is 20.9. The van der Waals surface area contributed by atoms with Gasteiger partial charge in [0, 0.05) is 30.0 Å². The molecular weight excluding hydrogens is 364 g/mol. The summed E-state index contributed by atoms with van der Waals surface area (Å²) >= 11 is 0. The fraction of sp³-hybridized carbons (Fsp3) is 0.182. The van der Waals surface area contributed by atoms with Crippen LogP contribution in [0.4, 0.5) is 5.82 Å². The fourth-order valence-electron chi connectivity index (χ4n) is 3.15. The third-order valence-corrected chi connectivity index (χ3v) is 4.57. The van der Waals surface area contributed by atoms with Crippen LogP contribution in [0.2, 0.25) is 0 Å². The highest BCUT2D eigenvalue weighted by molar-refractivity contribution is 5.88. The Kier molecular flexibility index (Phi) is 5.58. The number of fused-ring (bicyclic) bond motifs is 1. The molecule has 0 unspecified atom stereocenters. The van der Waals surface area contributed by atoms with Gasteiger partial charge in [0.2, 0.25) is 0 Å². The average Bonchev–Trinajstić information content (AvgIpc) is 2.76. The number of nitrogens with zero attached hydrogens (tertiary/aromatic N) is 4. The number of nitrogens with one attached hydrogen (secondary N) is 1. The molecule has 7 nitrogen and oxygen atoms in total. The Morgan fingerprint density at radius 2 is 1.72 bits per heavy atom. The van der Waals surface area contributed by atoms with Gasteiger partial charge >= 0.3 is 0 Å². The predicted molar refractivity (Wildman–Crippen MR) is 115 cm³/mol. The number of hydrogen-bond acceptors (Lipinski definition) is 6. The lowest BCUT2D eigenvalue weighted by molar-refractivity contribution is 0.600. The van der Waals surface area contributed by atoms with Crippen LogP contribution < -0.4 is 16.6 Å². The summed E-state index contributed by atoms with van der Waals surface area (Å²) in [5.74, 6) is 1.45. The van der Waals surface area contributed by atoms with Gasteiger partial charge in [0.25, 0.3) is 5.56 Å². The third-order valence-electron chi connectivity index (χ3n) is 4.57. The van der Waals surface area contributed by atoms with Gasteiger partial charge in [-0.15, -0.1) is 0 Å². The van der Waals surface area contributed by atoms with Gasteiger partial charge in [-0.25, -0.2) is 14.6 Å². The molecule has 2 heterocycles. The van der Waals surface area contributed by atoms with Gasteiger partial charge in [-0.2, -0.15) is 5.10 Å². The Hall–Kier alpha value is -3.58. The number of hydrogen-bond donors (Lipinski definition) is 2. The molecule has 2 aromatic carbocycles. The maximum atomic E-state index is 12.2. The molecule has 7 heteroatoms. The number of para-hydroxylation sites is 1. The van der Waals surface area contributed by atoms with Crippen molar-refractivity contribution in [1.82, 2.24) is 19.7 Å². The summed E-state index contributed by atoms with van der Waals surface area (Å²) in [6.07, 6.45) is 0.611. The monoisotopic (exact) mass is 386 g/mol. The van der Waals surface area contributed by atoms with Gasteiger partial charge in [0.05, 0.1) is 17.8 Å². The lowest BCUT2D eigenvalue weighted by Crippen LogP contribution is -2.26. The summed E-state index contributed by atoms with van der Waals surface area (Å²) in [7, 11) is 0. The van der Waals surface area contributed by atoms with Crippen LogP contribution in [0.3, 0.4) is 0 Å². The second-order valence-corrected chi connectivity index (χ2v) is 6.62. The molecule has 2 aromatic heterocycles. The Morgan fingerprint density at radius 3 is 2.55 bits per heavy atom. The van der Waals surface area contributed by atoms with Crippen molar-refractivity contribution >= 4 is 16.7 Å². The van der Waals surface area contributed by atoms with Crippen LogP contribution in [0.5, 0.6) is 0 Å². The predicted octanol–water partition coefficient (Wildman–Crippen LogP) is 2.47. The average molecular weight is 386 g/mol. The molecular formula is C22H22N6O. The van der Waals surface area contributed by atoms with Gasteiger partial charge in [-0.05, 0) is 24.7 Å². The van der Waals surface area contributed by atoms with Crippen molar-refractivity contribution in [2.24, 2.45) is 5.73 Å². The Morgan fingerprint density at radius 1 is 0.931 bits per heavy atom. The molecule has 0 aliphatic heterocycles. The van der Waals surface area contributed by atoms with Crippen molar-refractivity contribution in [2.75, 3.05) is 18.4 Å². The molecule has 0 atom stereocenters. The molecule has 0 amide bonds. The van der Waals surface area contributed by atoms with E-state index in [9.17, 15) is 4.79 Å². The van der Waals surface area contributed by atoms with Crippen LogP contribution in [-0.4, -0.2) is 32.8 Å². The zero-order valence-electron chi connectivity index (χ0n) is 16.0. The van der Waals surface area contributed by atoms with E-state index in [1.165, 1.54) is 4.68 Å². The second-order valence-electron chi connectivity index (χ2n) is 6.62. The van der Waals surface area contributed by atoms with E-state index in [1.54, 1.807) is 12.1 Å². The molecule has 4 aromatic rings. The lowest BCUT2D eigenvalue weighted by atomic mass is 10.1. The van der Waals surface area contributed by atoms with E-state index in [1.807, 2.05) is 54.6 Å². The standard InChI is InChI=1S/C22H22N6O/c23-13-12-20-25-19-9-5-4-8-17(19)22(26-20)24-14-15-28-21(29)11-10-18(27-28)16-6-2-1-3-7-16/h1-11H,12-15,23H2,(H,24,25,26). The topological polar surface area (TPSA) is 98.7 Å². The highest BCUT2D eigenvalue weighted by atomic mass is 16.1. The van der Waals surface area contributed by atoms with Crippen molar-refractivity contribution in [2.45, 2.75) is 13.0 Å². The minimum atomic E-state index is -0.136. The van der Waals surface area contributed by atoms with Crippen molar-refractivity contribution < 1.29 is 0 Å². The van der Waals surface area contributed by atoms with Gasteiger partial charge < -0.3 is 11.1 Å². The molecule has 3 N–H and O–H groups in total. The summed E-state index contributed by atoms with van der Waals surface area (Å²) in [5, 5.41) is 8.76. The first kappa shape index (κ1) is 18.8. The third kappa shape index (κ3) is 4.30. The first-order valence-electron chi connectivity index (χ1n) is 9.58. The first-order valence-corrected chi connectivity index (χ1v) is 9.58. The van der Waals surface area contributed by atoms with Crippen LogP contribution >= 0.6 is 0 Å². The van der Waals surface area contributed by atoms with Crippen LogP contribution in [0.25, 0.3) is 22.2 Å². The lowest BCUT2D eigenvalue weighted by Gasteiger charge is -2.12. The van der Waals surface area contributed by atoms with Crippen LogP contribution in [0, 0.1) is 0 Å². The number of nitrogens with two attached hydrogens (primary N) is 1. The van der Waals surface area contributed by atoms with Crippen LogP contribution in [-0.2, 0) is 13.0 Å². The quantitative estimate of drug-likeness (QED) is 0.506. The van der Waals surface area contributed by atoms with Gasteiger partial charge in [0.1, 0.15) is 11.6 Å². The van der Waals surface area contributed by atoms with Crippen molar-refractivity contribution in [3.8, 4) is 11.3 Å². The molecule has 0 radical (unpaired) electrons. The van der Waals surface area contributed by atoms with Gasteiger partial charge in [-0.1, -0.05) is 42.5 Å². The van der Waals surface area contributed by atoms with Gasteiger partial charge in [0.15, 0.2) is 0 Å². The molecule has 0 spiro atoms. The number of anilines is 1. The zero-order chi connectivity index (χ0) is 20.1. The molecule has 0 fully saturated rings. The molecule has 0 bridgehead atoms. The smallest absolute Gasteiger partial charge is 0.266 e. The SMILES string of the molecule is NCCc1nc(NCCn2nc(-c3ccccc3)ccc2=O)c2ccccc2n1. The Bertz CT molecular complexity index is 1170. The molecule has 0 saturated carbocycles. The van der Waals surface area contributed by atoms with E-state index in [0.717, 1.165) is 28.0 Å². The number of benzene rings is 2. The molecule has 4 rings (SSSR count). The van der Waals surface area contributed by atoms with E-state index >= 15 is 0 Å². The molecule has 29 heavy (non-hydrogen) atoms. The minimum Gasteiger partial charge on any atom is -0.368 e. The first-order chi connectivity index (χ1) is 14.2.